The zero-order valence-electron chi connectivity index (χ0n) is 54.2. The average molecular weight is 1140 g/mol. The first-order valence-corrected chi connectivity index (χ1v) is 35.2. The molecule has 1 unspecified atom stereocenters. The minimum absolute atomic E-state index is 0.0757. The number of hydrogen-bond donors (Lipinski definition) is 0. The van der Waals surface area contributed by atoms with Crippen LogP contribution in [0.1, 0.15) is 348 Å². The predicted molar refractivity (Wildman–Crippen MR) is 357 cm³/mol. The van der Waals surface area contributed by atoms with Crippen molar-refractivity contribution in [3.05, 3.63) is 97.2 Å². The van der Waals surface area contributed by atoms with E-state index in [0.717, 1.165) is 103 Å². The van der Waals surface area contributed by atoms with Crippen LogP contribution in [-0.2, 0) is 28.6 Å². The molecule has 0 bridgehead atoms. The summed E-state index contributed by atoms with van der Waals surface area (Å²) in [6.45, 7) is 6.49. The molecule has 6 nitrogen and oxygen atoms in total. The number of ether oxygens (including phenoxy) is 3. The highest BCUT2D eigenvalue weighted by Gasteiger charge is 2.19. The van der Waals surface area contributed by atoms with Crippen LogP contribution < -0.4 is 0 Å². The molecular formula is C76H132O6. The summed E-state index contributed by atoms with van der Waals surface area (Å²) in [7, 11) is 0. The Labute approximate surface area is 508 Å². The summed E-state index contributed by atoms with van der Waals surface area (Å²) in [5.74, 6) is -0.876. The highest BCUT2D eigenvalue weighted by atomic mass is 16.6. The molecular weight excluding hydrogens is 1010 g/mol. The fourth-order valence-corrected chi connectivity index (χ4v) is 10.1. The van der Waals surface area contributed by atoms with Crippen LogP contribution in [0.3, 0.4) is 0 Å². The number of allylic oxidation sites excluding steroid dienone is 16. The fourth-order valence-electron chi connectivity index (χ4n) is 10.1. The predicted octanol–water partition coefficient (Wildman–Crippen LogP) is 24.4. The molecule has 1 atom stereocenters. The van der Waals surface area contributed by atoms with Crippen LogP contribution >= 0.6 is 0 Å². The third-order valence-corrected chi connectivity index (χ3v) is 15.3. The number of rotatable bonds is 64. The van der Waals surface area contributed by atoms with Crippen LogP contribution in [0, 0.1) is 0 Å². The highest BCUT2D eigenvalue weighted by molar-refractivity contribution is 5.71. The quantitative estimate of drug-likeness (QED) is 0.0261. The van der Waals surface area contributed by atoms with Gasteiger partial charge in [0, 0.05) is 19.3 Å². The van der Waals surface area contributed by atoms with Crippen molar-refractivity contribution in [1.82, 2.24) is 0 Å². The van der Waals surface area contributed by atoms with Gasteiger partial charge in [0.15, 0.2) is 6.10 Å². The average Bonchev–Trinajstić information content (AvgIpc) is 3.47. The van der Waals surface area contributed by atoms with E-state index in [1.54, 1.807) is 0 Å². The molecule has 0 radical (unpaired) electrons. The molecule has 0 rings (SSSR count). The van der Waals surface area contributed by atoms with Crippen LogP contribution in [0.25, 0.3) is 0 Å². The molecule has 0 saturated carbocycles. The van der Waals surface area contributed by atoms with E-state index >= 15 is 0 Å². The van der Waals surface area contributed by atoms with E-state index < -0.39 is 6.10 Å². The molecule has 0 aliphatic rings. The van der Waals surface area contributed by atoms with Crippen molar-refractivity contribution in [2.45, 2.75) is 354 Å². The second-order valence-corrected chi connectivity index (χ2v) is 23.4. The molecule has 82 heavy (non-hydrogen) atoms. The zero-order chi connectivity index (χ0) is 59.2. The van der Waals surface area contributed by atoms with Crippen molar-refractivity contribution in [3.63, 3.8) is 0 Å². The second kappa shape index (κ2) is 69.8. The highest BCUT2D eigenvalue weighted by Crippen LogP contribution is 2.17. The number of esters is 3. The van der Waals surface area contributed by atoms with E-state index in [-0.39, 0.29) is 31.1 Å². The molecule has 0 amide bonds. The van der Waals surface area contributed by atoms with Gasteiger partial charge in [0.25, 0.3) is 0 Å². The lowest BCUT2D eigenvalue weighted by atomic mass is 10.0. The molecule has 472 valence electrons. The smallest absolute Gasteiger partial charge is 0.306 e. The Morgan fingerprint density at radius 3 is 0.744 bits per heavy atom. The lowest BCUT2D eigenvalue weighted by molar-refractivity contribution is -0.167. The first kappa shape index (κ1) is 78.3. The van der Waals surface area contributed by atoms with Gasteiger partial charge in [0.1, 0.15) is 13.2 Å². The maximum Gasteiger partial charge on any atom is 0.306 e. The Morgan fingerprint density at radius 2 is 0.476 bits per heavy atom. The van der Waals surface area contributed by atoms with Gasteiger partial charge in [-0.2, -0.15) is 0 Å². The van der Waals surface area contributed by atoms with Crippen LogP contribution in [0.2, 0.25) is 0 Å². The molecule has 0 aliphatic carbocycles. The SMILES string of the molecule is CC/C=C\C/C=C\C/C=C\C/C=C\C/C=C\C/C=C\CCCCCCCCCCCCC(=O)OCC(COC(=O)CCCCCCCC)OC(=O)CCCCCCCCCCCCCCCCCCC/C=C\C/C=C\CCCCCCC. The summed E-state index contributed by atoms with van der Waals surface area (Å²) in [4.78, 5) is 38.1. The molecule has 0 aromatic heterocycles. The topological polar surface area (TPSA) is 78.9 Å². The van der Waals surface area contributed by atoms with Crippen molar-refractivity contribution in [3.8, 4) is 0 Å². The van der Waals surface area contributed by atoms with Gasteiger partial charge in [-0.1, -0.05) is 323 Å². The van der Waals surface area contributed by atoms with Crippen molar-refractivity contribution < 1.29 is 28.6 Å². The summed E-state index contributed by atoms with van der Waals surface area (Å²) >= 11 is 0. The Kier molecular flexibility index (Phi) is 66.7. The molecule has 0 saturated heterocycles. The molecule has 0 fully saturated rings. The van der Waals surface area contributed by atoms with E-state index in [9.17, 15) is 14.4 Å². The van der Waals surface area contributed by atoms with Gasteiger partial charge in [0.05, 0.1) is 0 Å². The Morgan fingerprint density at radius 1 is 0.256 bits per heavy atom. The minimum Gasteiger partial charge on any atom is -0.462 e. The number of unbranched alkanes of at least 4 members (excludes halogenated alkanes) is 37. The van der Waals surface area contributed by atoms with Gasteiger partial charge in [-0.15, -0.1) is 0 Å². The summed E-state index contributed by atoms with van der Waals surface area (Å²) in [6.07, 6.45) is 94.7. The van der Waals surface area contributed by atoms with Crippen molar-refractivity contribution in [1.29, 1.82) is 0 Å². The molecule has 0 heterocycles. The lowest BCUT2D eigenvalue weighted by Crippen LogP contribution is -2.30. The van der Waals surface area contributed by atoms with Crippen molar-refractivity contribution in [2.75, 3.05) is 13.2 Å². The largest absolute Gasteiger partial charge is 0.462 e. The normalized spacial score (nSPS) is 12.7. The van der Waals surface area contributed by atoms with Gasteiger partial charge < -0.3 is 14.2 Å². The van der Waals surface area contributed by atoms with Crippen molar-refractivity contribution in [2.24, 2.45) is 0 Å². The Balaban J connectivity index is 4.04. The van der Waals surface area contributed by atoms with E-state index in [1.807, 2.05) is 0 Å². The first-order valence-electron chi connectivity index (χ1n) is 35.2. The third kappa shape index (κ3) is 67.1. The molecule has 0 aromatic carbocycles. The second-order valence-electron chi connectivity index (χ2n) is 23.4. The third-order valence-electron chi connectivity index (χ3n) is 15.3. The molecule has 6 heteroatoms. The zero-order valence-corrected chi connectivity index (χ0v) is 54.2. The van der Waals surface area contributed by atoms with E-state index in [1.165, 1.54) is 205 Å². The number of hydrogen-bond acceptors (Lipinski definition) is 6. The minimum atomic E-state index is -0.776. The van der Waals surface area contributed by atoms with Gasteiger partial charge >= 0.3 is 17.9 Å². The summed E-state index contributed by atoms with van der Waals surface area (Å²) in [5, 5.41) is 0. The van der Waals surface area contributed by atoms with Gasteiger partial charge in [0.2, 0.25) is 0 Å². The van der Waals surface area contributed by atoms with E-state index in [4.69, 9.17) is 14.2 Å². The van der Waals surface area contributed by atoms with E-state index in [0.29, 0.717) is 19.3 Å². The Hall–Kier alpha value is -3.67. The number of carbonyl (C=O) groups is 3. The van der Waals surface area contributed by atoms with Crippen LogP contribution in [0.4, 0.5) is 0 Å². The summed E-state index contributed by atoms with van der Waals surface area (Å²) in [6, 6.07) is 0. The molecule has 0 aromatic rings. The maximum atomic E-state index is 12.9. The summed E-state index contributed by atoms with van der Waals surface area (Å²) < 4.78 is 16.9. The standard InChI is InChI=1S/C76H132O6/c1-4-7-10-13-16-18-20-22-24-26-28-30-32-34-36-38-40-42-44-46-48-50-52-54-56-58-60-63-66-69-75(78)81-72-73(71-80-74(77)68-65-62-15-12-9-6-3)82-76(79)70-67-64-61-59-57-55-53-51-49-47-45-43-41-39-37-35-33-31-29-27-25-23-21-19-17-14-11-8-5-2/h7,10,16,18,21-24,27-30,34,36,40,42,73H,4-6,8-9,11-15,17,19-20,25-26,31-33,35,37-39,41,43-72H2,1-3H3/b10-7-,18-16-,23-21-,24-22-,29-27-,30-28-,36-34-,42-40-. The first-order chi connectivity index (χ1) is 40.5. The van der Waals surface area contributed by atoms with Gasteiger partial charge in [-0.05, 0) is 103 Å². The van der Waals surface area contributed by atoms with Gasteiger partial charge in [-0.3, -0.25) is 14.4 Å². The monoisotopic (exact) mass is 1140 g/mol. The van der Waals surface area contributed by atoms with E-state index in [2.05, 4.69) is 118 Å². The fraction of sp³-hybridized carbons (Fsp3) is 0.750. The maximum absolute atomic E-state index is 12.9. The summed E-state index contributed by atoms with van der Waals surface area (Å²) in [5.41, 5.74) is 0. The van der Waals surface area contributed by atoms with Gasteiger partial charge in [-0.25, -0.2) is 0 Å². The number of carbonyl (C=O) groups excluding carboxylic acids is 3. The molecule has 0 spiro atoms. The van der Waals surface area contributed by atoms with Crippen molar-refractivity contribution >= 4 is 17.9 Å². The van der Waals surface area contributed by atoms with Crippen LogP contribution in [0.5, 0.6) is 0 Å². The van der Waals surface area contributed by atoms with Crippen LogP contribution in [0.15, 0.2) is 97.2 Å². The Bertz CT molecular complexity index is 1590. The molecule has 0 N–H and O–H groups in total. The molecule has 0 aliphatic heterocycles. The lowest BCUT2D eigenvalue weighted by Gasteiger charge is -2.18. The van der Waals surface area contributed by atoms with Crippen LogP contribution in [-0.4, -0.2) is 37.2 Å².